The topological polar surface area (TPSA) is 44.3 Å². The molecule has 0 aromatic carbocycles. The summed E-state index contributed by atoms with van der Waals surface area (Å²) in [6.07, 6.45) is 7.06. The van der Waals surface area contributed by atoms with Crippen LogP contribution in [0.25, 0.3) is 0 Å². The van der Waals surface area contributed by atoms with Gasteiger partial charge in [0.25, 0.3) is 0 Å². The van der Waals surface area contributed by atoms with Gasteiger partial charge in [0.1, 0.15) is 0 Å². The molecular weight excluding hydrogens is 188 g/mol. The molecule has 15 heavy (non-hydrogen) atoms. The van der Waals surface area contributed by atoms with E-state index in [9.17, 15) is 0 Å². The Kier molecular flexibility index (Phi) is 10.3. The monoisotopic (exact) mass is 216 g/mol. The lowest BCUT2D eigenvalue weighted by atomic mass is 10.0. The van der Waals surface area contributed by atoms with Crippen molar-refractivity contribution in [2.45, 2.75) is 57.5 Å². The zero-order valence-corrected chi connectivity index (χ0v) is 10.6. The lowest BCUT2D eigenvalue weighted by Crippen LogP contribution is -2.27. The van der Waals surface area contributed by atoms with Gasteiger partial charge in [0.05, 0.1) is 0 Å². The van der Waals surface area contributed by atoms with E-state index in [2.05, 4.69) is 17.6 Å². The zero-order valence-electron chi connectivity index (χ0n) is 10.6. The van der Waals surface area contributed by atoms with Crippen molar-refractivity contribution in [2.24, 2.45) is 0 Å². The highest BCUT2D eigenvalue weighted by atomic mass is 16.3. The third-order valence-electron chi connectivity index (χ3n) is 3.14. The van der Waals surface area contributed by atoms with Gasteiger partial charge in [-0.2, -0.15) is 0 Å². The van der Waals surface area contributed by atoms with Crippen LogP contribution in [0, 0.1) is 0 Å². The van der Waals surface area contributed by atoms with Crippen molar-refractivity contribution in [1.29, 1.82) is 0 Å². The molecule has 92 valence electrons. The van der Waals surface area contributed by atoms with Crippen molar-refractivity contribution in [3.8, 4) is 0 Å². The van der Waals surface area contributed by atoms with E-state index >= 15 is 0 Å². The Morgan fingerprint density at radius 1 is 0.933 bits per heavy atom. The summed E-state index contributed by atoms with van der Waals surface area (Å²) in [7, 11) is 4.01. The van der Waals surface area contributed by atoms with Crippen molar-refractivity contribution < 1.29 is 5.11 Å². The first-order valence-electron chi connectivity index (χ1n) is 6.23. The van der Waals surface area contributed by atoms with Crippen LogP contribution in [-0.4, -0.2) is 37.9 Å². The van der Waals surface area contributed by atoms with Gasteiger partial charge in [-0.3, -0.25) is 0 Å². The van der Waals surface area contributed by atoms with Gasteiger partial charge >= 0.3 is 0 Å². The number of aliphatic hydroxyl groups is 1. The molecule has 0 rings (SSSR count). The van der Waals surface area contributed by atoms with Crippen LogP contribution in [0.3, 0.4) is 0 Å². The molecule has 2 unspecified atom stereocenters. The van der Waals surface area contributed by atoms with Gasteiger partial charge in [0, 0.05) is 18.7 Å². The van der Waals surface area contributed by atoms with Crippen LogP contribution in [0.4, 0.5) is 0 Å². The van der Waals surface area contributed by atoms with Crippen LogP contribution >= 0.6 is 0 Å². The number of hydrogen-bond donors (Lipinski definition) is 3. The van der Waals surface area contributed by atoms with Crippen molar-refractivity contribution in [1.82, 2.24) is 10.6 Å². The molecule has 0 amide bonds. The average molecular weight is 216 g/mol. The third-order valence-corrected chi connectivity index (χ3v) is 3.14. The van der Waals surface area contributed by atoms with E-state index in [1.54, 1.807) is 0 Å². The fourth-order valence-corrected chi connectivity index (χ4v) is 1.92. The Hall–Kier alpha value is -0.120. The number of nitrogens with one attached hydrogen (secondary N) is 2. The van der Waals surface area contributed by atoms with Crippen molar-refractivity contribution in [3.63, 3.8) is 0 Å². The first-order chi connectivity index (χ1) is 7.28. The molecule has 0 radical (unpaired) electrons. The molecule has 0 aliphatic carbocycles. The fourth-order valence-electron chi connectivity index (χ4n) is 1.92. The summed E-state index contributed by atoms with van der Waals surface area (Å²) in [6, 6.07) is 1.17. The molecule has 0 aromatic heterocycles. The molecule has 0 bridgehead atoms. The van der Waals surface area contributed by atoms with Crippen LogP contribution in [0.15, 0.2) is 0 Å². The highest BCUT2D eigenvalue weighted by Gasteiger charge is 2.06. The molecule has 0 heterocycles. The molecule has 3 N–H and O–H groups in total. The molecule has 0 spiro atoms. The van der Waals surface area contributed by atoms with Gasteiger partial charge in [-0.25, -0.2) is 0 Å². The van der Waals surface area contributed by atoms with E-state index in [-0.39, 0.29) is 0 Å². The lowest BCUT2D eigenvalue weighted by molar-refractivity contribution is 0.262. The predicted octanol–water partition coefficient (Wildman–Crippen LogP) is 1.52. The van der Waals surface area contributed by atoms with E-state index in [4.69, 9.17) is 5.11 Å². The molecule has 0 fully saturated rings. The summed E-state index contributed by atoms with van der Waals surface area (Å²) in [4.78, 5) is 0. The van der Waals surface area contributed by atoms with Crippen LogP contribution in [-0.2, 0) is 0 Å². The van der Waals surface area contributed by atoms with Gasteiger partial charge in [-0.1, -0.05) is 19.8 Å². The van der Waals surface area contributed by atoms with Crippen molar-refractivity contribution >= 4 is 0 Å². The first-order valence-corrected chi connectivity index (χ1v) is 6.23. The fraction of sp³-hybridized carbons (Fsp3) is 1.00. The maximum Gasteiger partial charge on any atom is 0.0445 e. The summed E-state index contributed by atoms with van der Waals surface area (Å²) >= 11 is 0. The van der Waals surface area contributed by atoms with E-state index in [1.807, 2.05) is 14.1 Å². The number of unbranched alkanes of at least 4 members (excludes halogenated alkanes) is 1. The Morgan fingerprint density at radius 2 is 1.47 bits per heavy atom. The van der Waals surface area contributed by atoms with Crippen LogP contribution in [0.1, 0.15) is 45.4 Å². The van der Waals surface area contributed by atoms with Gasteiger partial charge in [0.2, 0.25) is 0 Å². The minimum Gasteiger partial charge on any atom is -0.396 e. The van der Waals surface area contributed by atoms with Gasteiger partial charge in [0.15, 0.2) is 0 Å². The minimum atomic E-state index is 0.291. The van der Waals surface area contributed by atoms with E-state index < -0.39 is 0 Å². The van der Waals surface area contributed by atoms with Crippen LogP contribution in [0.5, 0.6) is 0 Å². The zero-order chi connectivity index (χ0) is 11.5. The highest BCUT2D eigenvalue weighted by molar-refractivity contribution is 4.66. The standard InChI is InChI=1S/C12H28N2O/c1-4-11(13-2)7-5-6-8-12(14-3)9-10-15/h11-15H,4-10H2,1-3H3. The smallest absolute Gasteiger partial charge is 0.0445 e. The number of rotatable bonds is 10. The lowest BCUT2D eigenvalue weighted by Gasteiger charge is -2.16. The number of aliphatic hydroxyl groups excluding tert-OH is 1. The Morgan fingerprint density at radius 3 is 1.87 bits per heavy atom. The Labute approximate surface area is 94.6 Å². The number of hydrogen-bond acceptors (Lipinski definition) is 3. The molecule has 3 heteroatoms. The summed E-state index contributed by atoms with van der Waals surface area (Å²) in [5.41, 5.74) is 0. The van der Waals surface area contributed by atoms with Gasteiger partial charge in [-0.05, 0) is 39.8 Å². The normalized spacial score (nSPS) is 15.2. The Balaban J connectivity index is 3.42. The summed E-state index contributed by atoms with van der Waals surface area (Å²) in [6.45, 7) is 2.52. The summed E-state index contributed by atoms with van der Waals surface area (Å²) < 4.78 is 0. The maximum atomic E-state index is 8.84. The SMILES string of the molecule is CCC(CCCCC(CCO)NC)NC. The molecule has 0 aliphatic heterocycles. The molecule has 0 saturated carbocycles. The highest BCUT2D eigenvalue weighted by Crippen LogP contribution is 2.09. The van der Waals surface area contributed by atoms with Gasteiger partial charge in [-0.15, -0.1) is 0 Å². The second kappa shape index (κ2) is 10.4. The van der Waals surface area contributed by atoms with Crippen LogP contribution < -0.4 is 10.6 Å². The molecule has 0 aromatic rings. The van der Waals surface area contributed by atoms with Crippen molar-refractivity contribution in [2.75, 3.05) is 20.7 Å². The largest absolute Gasteiger partial charge is 0.396 e. The first kappa shape index (κ1) is 14.9. The average Bonchev–Trinajstić information content (AvgIpc) is 2.28. The van der Waals surface area contributed by atoms with Crippen molar-refractivity contribution in [3.05, 3.63) is 0 Å². The summed E-state index contributed by atoms with van der Waals surface area (Å²) in [5.74, 6) is 0. The quantitative estimate of drug-likeness (QED) is 0.485. The molecule has 2 atom stereocenters. The minimum absolute atomic E-state index is 0.291. The Bertz CT molecular complexity index is 127. The maximum absolute atomic E-state index is 8.84. The summed E-state index contributed by atoms with van der Waals surface area (Å²) in [5, 5.41) is 15.4. The predicted molar refractivity (Wildman–Crippen MR) is 66.2 cm³/mol. The molecule has 0 aliphatic rings. The van der Waals surface area contributed by atoms with E-state index in [1.165, 1.54) is 32.1 Å². The third kappa shape index (κ3) is 7.77. The molecule has 0 saturated heterocycles. The van der Waals surface area contributed by atoms with Crippen LogP contribution in [0.2, 0.25) is 0 Å². The molecule has 3 nitrogen and oxygen atoms in total. The van der Waals surface area contributed by atoms with Gasteiger partial charge < -0.3 is 15.7 Å². The van der Waals surface area contributed by atoms with E-state index in [0.29, 0.717) is 18.7 Å². The van der Waals surface area contributed by atoms with E-state index in [0.717, 1.165) is 6.42 Å². The molecular formula is C12H28N2O. The second-order valence-electron chi connectivity index (χ2n) is 4.18. The second-order valence-corrected chi connectivity index (χ2v) is 4.18.